The number of unbranched alkanes of at least 4 members (excludes halogenated alkanes) is 1. The van der Waals surface area contributed by atoms with Crippen molar-refractivity contribution in [1.82, 2.24) is 4.90 Å². The highest BCUT2D eigenvalue weighted by molar-refractivity contribution is 5.49. The maximum absolute atomic E-state index is 12.6. The molecule has 1 aliphatic heterocycles. The molecule has 1 unspecified atom stereocenters. The number of hydrogen-bond donors (Lipinski definition) is 0. The Hall–Kier alpha value is -2.49. The van der Waals surface area contributed by atoms with Gasteiger partial charge >= 0.3 is 6.18 Å². The molecular weight excluding hydrogens is 359 g/mol. The first-order chi connectivity index (χ1) is 13.4. The van der Waals surface area contributed by atoms with E-state index in [4.69, 9.17) is 0 Å². The van der Waals surface area contributed by atoms with Crippen molar-refractivity contribution in [3.63, 3.8) is 0 Å². The zero-order valence-electron chi connectivity index (χ0n) is 16.3. The molecule has 0 saturated carbocycles. The smallest absolute Gasteiger partial charge is 0.360 e. The van der Waals surface area contributed by atoms with E-state index in [9.17, 15) is 13.2 Å². The molecule has 1 atom stereocenters. The summed E-state index contributed by atoms with van der Waals surface area (Å²) in [6.07, 6.45) is 2.76. The van der Waals surface area contributed by atoms with Crippen molar-refractivity contribution in [1.29, 1.82) is 0 Å². The number of benzene rings is 2. The van der Waals surface area contributed by atoms with Gasteiger partial charge < -0.3 is 4.90 Å². The van der Waals surface area contributed by atoms with E-state index in [2.05, 4.69) is 49.1 Å². The Balaban J connectivity index is 1.46. The lowest BCUT2D eigenvalue weighted by molar-refractivity contribution is -0.137. The van der Waals surface area contributed by atoms with Gasteiger partial charge in [0.15, 0.2) is 0 Å². The van der Waals surface area contributed by atoms with E-state index >= 15 is 0 Å². The Morgan fingerprint density at radius 2 is 1.68 bits per heavy atom. The molecule has 148 valence electrons. The Bertz CT molecular complexity index is 828. The monoisotopic (exact) mass is 385 g/mol. The number of hydrogen-bond acceptors (Lipinski definition) is 1. The lowest BCUT2D eigenvalue weighted by Gasteiger charge is -2.06. The zero-order chi connectivity index (χ0) is 20.1. The Morgan fingerprint density at radius 3 is 2.29 bits per heavy atom. The van der Waals surface area contributed by atoms with Gasteiger partial charge in [0.1, 0.15) is 0 Å². The van der Waals surface area contributed by atoms with Crippen LogP contribution in [0.1, 0.15) is 49.8 Å². The van der Waals surface area contributed by atoms with Gasteiger partial charge in [0, 0.05) is 12.2 Å². The van der Waals surface area contributed by atoms with Crippen molar-refractivity contribution in [3.05, 3.63) is 88.6 Å². The molecule has 28 heavy (non-hydrogen) atoms. The van der Waals surface area contributed by atoms with E-state index in [1.54, 1.807) is 0 Å². The molecule has 0 bridgehead atoms. The van der Waals surface area contributed by atoms with Gasteiger partial charge in [-0.25, -0.2) is 0 Å². The minimum absolute atomic E-state index is 0.518. The van der Waals surface area contributed by atoms with E-state index in [-0.39, 0.29) is 0 Å². The van der Waals surface area contributed by atoms with Crippen molar-refractivity contribution in [3.8, 4) is 0 Å². The van der Waals surface area contributed by atoms with Crippen LogP contribution in [0, 0.1) is 0 Å². The average molecular weight is 385 g/mol. The van der Waals surface area contributed by atoms with Crippen LogP contribution >= 0.6 is 0 Å². The number of nitrogens with zero attached hydrogens (tertiary/aromatic N) is 1. The Kier molecular flexibility index (Phi) is 6.28. The summed E-state index contributed by atoms with van der Waals surface area (Å²) >= 11 is 0. The first-order valence-corrected chi connectivity index (χ1v) is 9.68. The standard InChI is InChI=1S/C24H26F3N/c1-18(2)23-22(28(23)17-20-10-6-3-7-11-20)12-8-4-5-9-19-13-15-21(16-14-19)24(25,26)27/h3,5-7,9-11,13-16,22H,4,8,12,17H2,1-2H3/b9-5+. The van der Waals surface area contributed by atoms with Gasteiger partial charge in [0.05, 0.1) is 11.6 Å². The molecule has 1 nitrogen and oxygen atoms in total. The van der Waals surface area contributed by atoms with Gasteiger partial charge in [0.25, 0.3) is 0 Å². The first kappa shape index (κ1) is 20.2. The van der Waals surface area contributed by atoms with E-state index < -0.39 is 11.7 Å². The van der Waals surface area contributed by atoms with Gasteiger partial charge in [-0.3, -0.25) is 0 Å². The minimum atomic E-state index is -4.28. The van der Waals surface area contributed by atoms with Crippen molar-refractivity contribution in [2.45, 2.75) is 51.9 Å². The van der Waals surface area contributed by atoms with Crippen LogP contribution in [0.25, 0.3) is 6.08 Å². The topological polar surface area (TPSA) is 3.01 Å². The quantitative estimate of drug-likeness (QED) is 0.364. The predicted molar refractivity (Wildman–Crippen MR) is 108 cm³/mol. The molecule has 1 fully saturated rings. The molecule has 2 aromatic carbocycles. The van der Waals surface area contributed by atoms with Crippen LogP contribution in [0.2, 0.25) is 0 Å². The summed E-state index contributed by atoms with van der Waals surface area (Å²) in [4.78, 5) is 2.46. The fourth-order valence-electron chi connectivity index (χ4n) is 3.60. The summed E-state index contributed by atoms with van der Waals surface area (Å²) in [5, 5.41) is 0. The summed E-state index contributed by atoms with van der Waals surface area (Å²) < 4.78 is 37.8. The fraction of sp³-hybridized carbons (Fsp3) is 0.333. The normalized spacial score (nSPS) is 16.7. The van der Waals surface area contributed by atoms with Crippen LogP contribution in [0.15, 0.2) is 71.9 Å². The molecule has 0 radical (unpaired) electrons. The van der Waals surface area contributed by atoms with Gasteiger partial charge in [0.2, 0.25) is 0 Å². The van der Waals surface area contributed by atoms with E-state index in [0.717, 1.165) is 43.5 Å². The molecule has 0 amide bonds. The second-order valence-corrected chi connectivity index (χ2v) is 7.47. The van der Waals surface area contributed by atoms with Gasteiger partial charge in [-0.05, 0) is 56.4 Å². The molecule has 0 aliphatic carbocycles. The SMILES string of the molecule is CC(C)=C1C(CCC/C=C/c2ccc(C(F)(F)F)cc2)N1Cc1ccccc1. The Labute approximate surface area is 165 Å². The predicted octanol–water partition coefficient (Wildman–Crippen LogP) is 7.07. The van der Waals surface area contributed by atoms with Crippen LogP contribution in [-0.4, -0.2) is 10.9 Å². The molecule has 0 spiro atoms. The first-order valence-electron chi connectivity index (χ1n) is 9.68. The number of rotatable bonds is 7. The van der Waals surface area contributed by atoms with E-state index in [1.165, 1.54) is 29.0 Å². The van der Waals surface area contributed by atoms with E-state index in [0.29, 0.717) is 6.04 Å². The van der Waals surface area contributed by atoms with E-state index in [1.807, 2.05) is 12.1 Å². The average Bonchev–Trinajstić information content (AvgIpc) is 3.34. The number of halogens is 3. The minimum Gasteiger partial charge on any atom is -0.360 e. The molecule has 1 heterocycles. The summed E-state index contributed by atoms with van der Waals surface area (Å²) in [7, 11) is 0. The molecule has 0 aromatic heterocycles. The Morgan fingerprint density at radius 1 is 1.00 bits per heavy atom. The number of allylic oxidation sites excluding steroid dienone is 2. The largest absolute Gasteiger partial charge is 0.416 e. The van der Waals surface area contributed by atoms with Gasteiger partial charge in [-0.15, -0.1) is 0 Å². The van der Waals surface area contributed by atoms with Crippen molar-refractivity contribution < 1.29 is 13.2 Å². The van der Waals surface area contributed by atoms with Crippen molar-refractivity contribution in [2.75, 3.05) is 0 Å². The summed E-state index contributed by atoms with van der Waals surface area (Å²) in [6, 6.07) is 16.3. The molecular formula is C24H26F3N. The van der Waals surface area contributed by atoms with Crippen LogP contribution in [0.4, 0.5) is 13.2 Å². The lowest BCUT2D eigenvalue weighted by Crippen LogP contribution is -2.03. The van der Waals surface area contributed by atoms with Crippen molar-refractivity contribution >= 4 is 6.08 Å². The highest BCUT2D eigenvalue weighted by Crippen LogP contribution is 2.40. The maximum atomic E-state index is 12.6. The fourth-order valence-corrected chi connectivity index (χ4v) is 3.60. The van der Waals surface area contributed by atoms with Crippen molar-refractivity contribution in [2.24, 2.45) is 0 Å². The summed E-state index contributed by atoms with van der Waals surface area (Å²) in [5.74, 6) is 0. The molecule has 2 aromatic rings. The molecule has 3 rings (SSSR count). The molecule has 0 N–H and O–H groups in total. The third-order valence-electron chi connectivity index (χ3n) is 5.04. The van der Waals surface area contributed by atoms with Crippen LogP contribution in [0.3, 0.4) is 0 Å². The highest BCUT2D eigenvalue weighted by Gasteiger charge is 2.40. The van der Waals surface area contributed by atoms with Gasteiger partial charge in [-0.1, -0.05) is 60.2 Å². The summed E-state index contributed by atoms with van der Waals surface area (Å²) in [6.45, 7) is 5.28. The highest BCUT2D eigenvalue weighted by atomic mass is 19.4. The molecule has 1 aliphatic rings. The second kappa shape index (κ2) is 8.68. The molecule has 4 heteroatoms. The van der Waals surface area contributed by atoms with Gasteiger partial charge in [-0.2, -0.15) is 13.2 Å². The number of alkyl halides is 3. The summed E-state index contributed by atoms with van der Waals surface area (Å²) in [5.41, 5.74) is 4.35. The molecule has 1 saturated heterocycles. The second-order valence-electron chi connectivity index (χ2n) is 7.47. The van der Waals surface area contributed by atoms with Crippen LogP contribution in [0.5, 0.6) is 0 Å². The third-order valence-corrected chi connectivity index (χ3v) is 5.04. The zero-order valence-corrected chi connectivity index (χ0v) is 16.3. The lowest BCUT2D eigenvalue weighted by atomic mass is 10.1. The van der Waals surface area contributed by atoms with Crippen LogP contribution in [-0.2, 0) is 12.7 Å². The van der Waals surface area contributed by atoms with Crippen LogP contribution < -0.4 is 0 Å². The maximum Gasteiger partial charge on any atom is 0.416 e. The third kappa shape index (κ3) is 5.28.